The summed E-state index contributed by atoms with van der Waals surface area (Å²) in [6.07, 6.45) is 0.474. The van der Waals surface area contributed by atoms with E-state index in [0.29, 0.717) is 24.2 Å². The molecule has 3 aromatic rings. The summed E-state index contributed by atoms with van der Waals surface area (Å²) < 4.78 is 1.42. The van der Waals surface area contributed by atoms with Gasteiger partial charge in [0, 0.05) is 24.3 Å². The van der Waals surface area contributed by atoms with Crippen molar-refractivity contribution in [3.8, 4) is 0 Å². The van der Waals surface area contributed by atoms with E-state index in [0.717, 1.165) is 5.56 Å². The average Bonchev–Trinajstić information content (AvgIpc) is 2.75. The van der Waals surface area contributed by atoms with Crippen LogP contribution in [0.3, 0.4) is 0 Å². The van der Waals surface area contributed by atoms with Crippen LogP contribution in [0.4, 0.5) is 0 Å². The van der Waals surface area contributed by atoms with Crippen LogP contribution in [0, 0.1) is 5.92 Å². The molecule has 0 aliphatic rings. The van der Waals surface area contributed by atoms with Gasteiger partial charge in [-0.1, -0.05) is 39.8 Å². The van der Waals surface area contributed by atoms with Gasteiger partial charge in [-0.15, -0.1) is 0 Å². The van der Waals surface area contributed by atoms with E-state index in [1.54, 1.807) is 24.3 Å². The van der Waals surface area contributed by atoms with Gasteiger partial charge >= 0.3 is 5.69 Å². The lowest BCUT2D eigenvalue weighted by atomic mass is 10.0. The lowest BCUT2D eigenvalue weighted by Gasteiger charge is -2.16. The molecule has 0 unspecified atom stereocenters. The third-order valence-corrected chi connectivity index (χ3v) is 5.26. The van der Waals surface area contributed by atoms with Crippen LogP contribution >= 0.6 is 0 Å². The van der Waals surface area contributed by atoms with Crippen molar-refractivity contribution < 1.29 is 9.59 Å². The zero-order valence-corrected chi connectivity index (χ0v) is 19.3. The van der Waals surface area contributed by atoms with Crippen LogP contribution in [0.15, 0.2) is 39.9 Å². The summed E-state index contributed by atoms with van der Waals surface area (Å²) >= 11 is 0. The van der Waals surface area contributed by atoms with E-state index in [4.69, 9.17) is 5.73 Å². The molecule has 33 heavy (non-hydrogen) atoms. The fourth-order valence-corrected chi connectivity index (χ4v) is 3.60. The highest BCUT2D eigenvalue weighted by Crippen LogP contribution is 2.20. The van der Waals surface area contributed by atoms with E-state index >= 15 is 0 Å². The van der Waals surface area contributed by atoms with Gasteiger partial charge in [0.1, 0.15) is 0 Å². The summed E-state index contributed by atoms with van der Waals surface area (Å²) in [5.74, 6) is -0.832. The second-order valence-corrected chi connectivity index (χ2v) is 8.78. The number of carbonyl (C=O) groups is 2. The number of nitrogens with two attached hydrogens (primary N) is 1. The number of rotatable bonds is 8. The number of aromatic amines is 1. The number of aromatic nitrogens is 3. The fraction of sp³-hybridized carbons (Fsp3) is 0.375. The maximum absolute atomic E-state index is 13.1. The second-order valence-electron chi connectivity index (χ2n) is 8.78. The van der Waals surface area contributed by atoms with E-state index < -0.39 is 23.1 Å². The first-order chi connectivity index (χ1) is 15.6. The molecule has 4 N–H and O–H groups in total. The largest absolute Gasteiger partial charge is 0.366 e. The van der Waals surface area contributed by atoms with Gasteiger partial charge in [0.05, 0.1) is 10.9 Å². The number of primary amides is 1. The standard InChI is InChI=1S/C24H29N5O4/c1-13(2)12-29-21-19(23(32)28-24(29)33)17(11-18(27-21)14(3)4)22(31)26-9-8-15-6-5-7-16(10-15)20(25)30/h5-7,10-11,13-14H,8-9,12H2,1-4H3,(H2,25,30)(H,26,31)(H,28,32,33). The van der Waals surface area contributed by atoms with E-state index in [1.165, 1.54) is 4.57 Å². The predicted molar refractivity (Wildman–Crippen MR) is 127 cm³/mol. The minimum absolute atomic E-state index is 0.0145. The predicted octanol–water partition coefficient (Wildman–Crippen LogP) is 1.94. The minimum Gasteiger partial charge on any atom is -0.366 e. The minimum atomic E-state index is -0.642. The van der Waals surface area contributed by atoms with Crippen molar-refractivity contribution in [3.63, 3.8) is 0 Å². The van der Waals surface area contributed by atoms with Crippen LogP contribution in [0.1, 0.15) is 65.6 Å². The van der Waals surface area contributed by atoms with Crippen LogP contribution in [-0.4, -0.2) is 32.9 Å². The summed E-state index contributed by atoms with van der Waals surface area (Å²) in [6, 6.07) is 8.49. The van der Waals surface area contributed by atoms with Crippen molar-refractivity contribution >= 4 is 22.8 Å². The second kappa shape index (κ2) is 9.81. The smallest absolute Gasteiger partial charge is 0.330 e. The summed E-state index contributed by atoms with van der Waals surface area (Å²) in [5, 5.41) is 2.92. The number of hydrogen-bond acceptors (Lipinski definition) is 5. The van der Waals surface area contributed by atoms with E-state index in [9.17, 15) is 19.2 Å². The lowest BCUT2D eigenvalue weighted by Crippen LogP contribution is -2.34. The molecule has 0 saturated carbocycles. The van der Waals surface area contributed by atoms with Crippen molar-refractivity contribution in [1.82, 2.24) is 19.9 Å². The topological polar surface area (TPSA) is 140 Å². The summed E-state index contributed by atoms with van der Waals surface area (Å²) in [5.41, 5.74) is 6.38. The Morgan fingerprint density at radius 2 is 1.88 bits per heavy atom. The van der Waals surface area contributed by atoms with E-state index in [1.807, 2.05) is 33.8 Å². The van der Waals surface area contributed by atoms with Crippen LogP contribution in [0.5, 0.6) is 0 Å². The summed E-state index contributed by atoms with van der Waals surface area (Å²) in [7, 11) is 0. The zero-order chi connectivity index (χ0) is 24.3. The molecule has 0 aliphatic heterocycles. The molecular weight excluding hydrogens is 422 g/mol. The van der Waals surface area contributed by atoms with Crippen LogP contribution < -0.4 is 22.3 Å². The number of fused-ring (bicyclic) bond motifs is 1. The molecule has 0 fully saturated rings. The maximum Gasteiger partial charge on any atom is 0.330 e. The Bertz CT molecular complexity index is 1320. The van der Waals surface area contributed by atoms with Crippen molar-refractivity contribution in [2.24, 2.45) is 11.7 Å². The lowest BCUT2D eigenvalue weighted by molar-refractivity contribution is 0.0953. The summed E-state index contributed by atoms with van der Waals surface area (Å²) in [4.78, 5) is 56.6. The molecule has 0 spiro atoms. The average molecular weight is 452 g/mol. The molecule has 0 atom stereocenters. The van der Waals surface area contributed by atoms with Gasteiger partial charge in [0.15, 0.2) is 5.65 Å². The molecule has 2 amide bonds. The number of pyridine rings is 1. The molecule has 0 saturated heterocycles. The normalized spacial score (nSPS) is 11.3. The highest BCUT2D eigenvalue weighted by molar-refractivity contribution is 6.05. The molecule has 0 radical (unpaired) electrons. The Hall–Kier alpha value is -3.75. The van der Waals surface area contributed by atoms with Crippen molar-refractivity contribution in [2.75, 3.05) is 6.54 Å². The first kappa shape index (κ1) is 23.9. The Morgan fingerprint density at radius 1 is 1.15 bits per heavy atom. The maximum atomic E-state index is 13.1. The quantitative estimate of drug-likeness (QED) is 0.480. The van der Waals surface area contributed by atoms with Gasteiger partial charge in [-0.3, -0.25) is 23.9 Å². The van der Waals surface area contributed by atoms with Gasteiger partial charge in [-0.25, -0.2) is 9.78 Å². The molecule has 9 nitrogen and oxygen atoms in total. The van der Waals surface area contributed by atoms with Gasteiger partial charge < -0.3 is 11.1 Å². The zero-order valence-electron chi connectivity index (χ0n) is 19.3. The Kier molecular flexibility index (Phi) is 7.10. The van der Waals surface area contributed by atoms with Crippen LogP contribution in [-0.2, 0) is 13.0 Å². The number of hydrogen-bond donors (Lipinski definition) is 3. The van der Waals surface area contributed by atoms with Crippen LogP contribution in [0.2, 0.25) is 0 Å². The van der Waals surface area contributed by atoms with Gasteiger partial charge in [0.2, 0.25) is 5.91 Å². The molecule has 174 valence electrons. The number of H-pyrrole nitrogens is 1. The highest BCUT2D eigenvalue weighted by atomic mass is 16.2. The number of nitrogens with zero attached hydrogens (tertiary/aromatic N) is 2. The van der Waals surface area contributed by atoms with E-state index in [2.05, 4.69) is 15.3 Å². The third-order valence-electron chi connectivity index (χ3n) is 5.26. The Balaban J connectivity index is 1.98. The van der Waals surface area contributed by atoms with Gasteiger partial charge in [0.25, 0.3) is 11.5 Å². The van der Waals surface area contributed by atoms with Crippen molar-refractivity contribution in [1.29, 1.82) is 0 Å². The molecule has 9 heteroatoms. The summed E-state index contributed by atoms with van der Waals surface area (Å²) in [6.45, 7) is 8.41. The molecule has 0 bridgehead atoms. The first-order valence-electron chi connectivity index (χ1n) is 10.9. The monoisotopic (exact) mass is 451 g/mol. The SMILES string of the molecule is CC(C)Cn1c(=O)[nH]c(=O)c2c(C(=O)NCCc3cccc(C(N)=O)c3)cc(C(C)C)nc21. The molecule has 0 aliphatic carbocycles. The Morgan fingerprint density at radius 3 is 2.52 bits per heavy atom. The van der Waals surface area contributed by atoms with Gasteiger partial charge in [-0.05, 0) is 42.0 Å². The molecule has 2 heterocycles. The van der Waals surface area contributed by atoms with Gasteiger partial charge in [-0.2, -0.15) is 0 Å². The molecule has 3 rings (SSSR count). The third kappa shape index (κ3) is 5.36. The number of benzene rings is 1. The van der Waals surface area contributed by atoms with E-state index in [-0.39, 0.29) is 35.0 Å². The number of amides is 2. The molecule has 2 aromatic heterocycles. The highest BCUT2D eigenvalue weighted by Gasteiger charge is 2.20. The number of carbonyl (C=O) groups excluding carboxylic acids is 2. The first-order valence-corrected chi connectivity index (χ1v) is 10.9. The Labute approximate surface area is 191 Å². The molecular formula is C24H29N5O4. The van der Waals surface area contributed by atoms with Crippen molar-refractivity contribution in [2.45, 2.75) is 46.6 Å². The van der Waals surface area contributed by atoms with Crippen molar-refractivity contribution in [3.05, 3.63) is 73.6 Å². The fourth-order valence-electron chi connectivity index (χ4n) is 3.60. The van der Waals surface area contributed by atoms with Crippen LogP contribution in [0.25, 0.3) is 11.0 Å². The molecule has 1 aromatic carbocycles. The number of nitrogens with one attached hydrogen (secondary N) is 2.